The van der Waals surface area contributed by atoms with Gasteiger partial charge in [-0.25, -0.2) is 0 Å². The van der Waals surface area contributed by atoms with E-state index < -0.39 is 50.0 Å². The molecule has 1 aromatic rings. The van der Waals surface area contributed by atoms with Crippen molar-refractivity contribution >= 4 is 25.2 Å². The Morgan fingerprint density at radius 2 is 1.75 bits per heavy atom. The van der Waals surface area contributed by atoms with Crippen LogP contribution in [0.2, 0.25) is 0 Å². The first kappa shape index (κ1) is 19.9. The molecular formula is C15H18NO7P-2. The maximum atomic E-state index is 11.8. The summed E-state index contributed by atoms with van der Waals surface area (Å²) in [5.41, 5.74) is 0.689. The minimum atomic E-state index is -3.81. The van der Waals surface area contributed by atoms with Crippen LogP contribution in [0, 0.1) is 0 Å². The van der Waals surface area contributed by atoms with E-state index in [1.165, 1.54) is 0 Å². The van der Waals surface area contributed by atoms with Crippen LogP contribution in [-0.2, 0) is 25.4 Å². The summed E-state index contributed by atoms with van der Waals surface area (Å²) in [6.45, 7) is 0. The Bertz CT molecular complexity index is 632. The van der Waals surface area contributed by atoms with Gasteiger partial charge in [-0.05, 0) is 18.4 Å². The van der Waals surface area contributed by atoms with E-state index in [-0.39, 0.29) is 12.8 Å². The molecule has 8 nitrogen and oxygen atoms in total. The molecule has 0 saturated heterocycles. The van der Waals surface area contributed by atoms with E-state index in [9.17, 15) is 34.1 Å². The molecule has 1 rings (SSSR count). The number of amides is 1. The molecule has 0 aliphatic carbocycles. The molecule has 0 heterocycles. The van der Waals surface area contributed by atoms with Crippen LogP contribution < -0.4 is 15.5 Å². The van der Waals surface area contributed by atoms with Crippen molar-refractivity contribution in [1.29, 1.82) is 0 Å². The lowest BCUT2D eigenvalue weighted by Crippen LogP contribution is -2.48. The lowest BCUT2D eigenvalue weighted by molar-refractivity contribution is -0.308. The largest absolute Gasteiger partial charge is 0.550 e. The summed E-state index contributed by atoms with van der Waals surface area (Å²) < 4.78 is 11.8. The van der Waals surface area contributed by atoms with Crippen molar-refractivity contribution in [3.05, 3.63) is 35.9 Å². The third-order valence-corrected chi connectivity index (χ3v) is 5.14. The molecule has 2 atom stereocenters. The van der Waals surface area contributed by atoms with Crippen molar-refractivity contribution in [1.82, 2.24) is 5.32 Å². The molecule has 1 unspecified atom stereocenters. The topological polar surface area (TPSA) is 147 Å². The highest BCUT2D eigenvalue weighted by atomic mass is 31.2. The van der Waals surface area contributed by atoms with Crippen molar-refractivity contribution in [2.24, 2.45) is 0 Å². The van der Waals surface area contributed by atoms with Crippen LogP contribution in [0.3, 0.4) is 0 Å². The number of hydrogen-bond donors (Lipinski definition) is 2. The van der Waals surface area contributed by atoms with Gasteiger partial charge in [0.05, 0.1) is 18.4 Å². The quantitative estimate of drug-likeness (QED) is 0.474. The molecule has 0 spiro atoms. The van der Waals surface area contributed by atoms with Gasteiger partial charge in [-0.2, -0.15) is 0 Å². The minimum Gasteiger partial charge on any atom is -0.550 e. The second-order valence-electron chi connectivity index (χ2n) is 5.31. The highest BCUT2D eigenvalue weighted by Gasteiger charge is 2.22. The summed E-state index contributed by atoms with van der Waals surface area (Å²) in [7, 11) is -3.81. The average Bonchev–Trinajstić information content (AvgIpc) is 2.50. The molecule has 24 heavy (non-hydrogen) atoms. The Kier molecular flexibility index (Phi) is 7.61. The molecule has 0 radical (unpaired) electrons. The maximum Gasteiger partial charge on any atom is 0.224 e. The molecule has 0 aliphatic rings. The van der Waals surface area contributed by atoms with Crippen molar-refractivity contribution < 1.29 is 34.1 Å². The first-order chi connectivity index (χ1) is 11.2. The summed E-state index contributed by atoms with van der Waals surface area (Å²) in [6.07, 6.45) is -1.91. The van der Waals surface area contributed by atoms with E-state index in [1.54, 1.807) is 30.3 Å². The zero-order chi connectivity index (χ0) is 18.2. The van der Waals surface area contributed by atoms with E-state index in [0.29, 0.717) is 5.56 Å². The van der Waals surface area contributed by atoms with Crippen LogP contribution in [0.1, 0.15) is 18.4 Å². The van der Waals surface area contributed by atoms with Crippen LogP contribution in [0.25, 0.3) is 0 Å². The molecule has 1 amide bonds. The molecule has 132 valence electrons. The summed E-state index contributed by atoms with van der Waals surface area (Å²) in [4.78, 5) is 42.8. The van der Waals surface area contributed by atoms with Crippen LogP contribution in [0.15, 0.2) is 30.3 Å². The number of benzene rings is 1. The summed E-state index contributed by atoms with van der Waals surface area (Å²) in [6, 6.07) is 7.22. The fourth-order valence-electron chi connectivity index (χ4n) is 1.98. The Hall–Kier alpha value is -2.18. The van der Waals surface area contributed by atoms with Gasteiger partial charge < -0.3 is 30.0 Å². The molecule has 2 N–H and O–H groups in total. The summed E-state index contributed by atoms with van der Waals surface area (Å²) >= 11 is 0. The lowest BCUT2D eigenvalue weighted by atomic mass is 10.1. The zero-order valence-electron chi connectivity index (χ0n) is 12.8. The minimum absolute atomic E-state index is 0.0356. The lowest BCUT2D eigenvalue weighted by Gasteiger charge is -2.21. The van der Waals surface area contributed by atoms with Gasteiger partial charge >= 0.3 is 0 Å². The molecule has 0 bridgehead atoms. The van der Waals surface area contributed by atoms with E-state index in [1.807, 2.05) is 0 Å². The first-order valence-corrected chi connectivity index (χ1v) is 9.27. The van der Waals surface area contributed by atoms with Crippen molar-refractivity contribution in [3.8, 4) is 0 Å². The summed E-state index contributed by atoms with van der Waals surface area (Å²) in [5, 5.41) is 23.6. The molecule has 9 heteroatoms. The highest BCUT2D eigenvalue weighted by Crippen LogP contribution is 2.41. The molecule has 0 fully saturated rings. The fraction of sp³-hybridized carbons (Fsp3) is 0.400. The number of aliphatic carboxylic acids is 2. The standard InChI is InChI=1S/C15H20NO7P/c17-13(10-11-4-2-1-3-5-11)16-12(15(20)21)6-8-24(22,23)9-7-14(18)19/h1-5,12H,6-10H2,(H,16,17)(H,18,19)(H,20,21)(H,22,23)/p-2/t12-/m1/s1. The van der Waals surface area contributed by atoms with Crippen molar-refractivity contribution in [2.75, 3.05) is 12.3 Å². The molecule has 0 aromatic heterocycles. The van der Waals surface area contributed by atoms with Gasteiger partial charge in [0.1, 0.15) is 0 Å². The van der Waals surface area contributed by atoms with Gasteiger partial charge in [0.25, 0.3) is 0 Å². The highest BCUT2D eigenvalue weighted by molar-refractivity contribution is 7.58. The van der Waals surface area contributed by atoms with Crippen LogP contribution in [0.5, 0.6) is 0 Å². The first-order valence-electron chi connectivity index (χ1n) is 7.24. The third-order valence-electron chi connectivity index (χ3n) is 3.26. The number of carbonyl (C=O) groups excluding carboxylic acids is 3. The second-order valence-corrected chi connectivity index (χ2v) is 7.89. The number of rotatable bonds is 10. The van der Waals surface area contributed by atoms with E-state index >= 15 is 0 Å². The van der Waals surface area contributed by atoms with Gasteiger partial charge in [0, 0.05) is 18.3 Å². The zero-order valence-corrected chi connectivity index (χ0v) is 13.7. The number of carbonyl (C=O) groups is 3. The average molecular weight is 355 g/mol. The van der Waals surface area contributed by atoms with E-state index in [2.05, 4.69) is 5.32 Å². The SMILES string of the molecule is O=C([O-])CCP(=O)(O)CC[C@@H](NC(=O)Cc1ccccc1)C(=O)[O-]. The Morgan fingerprint density at radius 1 is 1.12 bits per heavy atom. The molecule has 0 saturated carbocycles. The van der Waals surface area contributed by atoms with Gasteiger partial charge in [-0.15, -0.1) is 0 Å². The summed E-state index contributed by atoms with van der Waals surface area (Å²) in [5.74, 6) is -3.59. The number of carboxylic acid groups (broad SMARTS) is 2. The number of nitrogens with one attached hydrogen (secondary N) is 1. The van der Waals surface area contributed by atoms with Crippen LogP contribution >= 0.6 is 7.37 Å². The van der Waals surface area contributed by atoms with E-state index in [4.69, 9.17) is 0 Å². The number of hydrogen-bond acceptors (Lipinski definition) is 6. The van der Waals surface area contributed by atoms with Crippen LogP contribution in [-0.4, -0.2) is 41.1 Å². The van der Waals surface area contributed by atoms with Crippen molar-refractivity contribution in [3.63, 3.8) is 0 Å². The van der Waals surface area contributed by atoms with Gasteiger partial charge in [0.15, 0.2) is 0 Å². The Labute approximate surface area is 139 Å². The Balaban J connectivity index is 2.55. The second kappa shape index (κ2) is 9.20. The smallest absolute Gasteiger partial charge is 0.224 e. The van der Waals surface area contributed by atoms with Gasteiger partial charge in [-0.1, -0.05) is 30.3 Å². The fourth-order valence-corrected chi connectivity index (χ4v) is 3.40. The predicted molar refractivity (Wildman–Crippen MR) is 80.9 cm³/mol. The number of carboxylic acids is 2. The predicted octanol–water partition coefficient (Wildman–Crippen LogP) is -1.74. The Morgan fingerprint density at radius 3 is 2.29 bits per heavy atom. The van der Waals surface area contributed by atoms with Gasteiger partial charge in [0.2, 0.25) is 13.3 Å². The monoisotopic (exact) mass is 355 g/mol. The molecule has 1 aromatic carbocycles. The third kappa shape index (κ3) is 7.89. The van der Waals surface area contributed by atoms with E-state index in [0.717, 1.165) is 0 Å². The van der Waals surface area contributed by atoms with Crippen molar-refractivity contribution in [2.45, 2.75) is 25.3 Å². The van der Waals surface area contributed by atoms with Gasteiger partial charge in [-0.3, -0.25) is 9.36 Å². The molecular weight excluding hydrogens is 337 g/mol. The van der Waals surface area contributed by atoms with Crippen LogP contribution in [0.4, 0.5) is 0 Å². The molecule has 0 aliphatic heterocycles. The normalized spacial score (nSPS) is 14.4. The maximum absolute atomic E-state index is 11.8.